The molecule has 8 heteroatoms. The van der Waals surface area contributed by atoms with Crippen molar-refractivity contribution >= 4 is 11.9 Å². The molecule has 1 aromatic rings. The van der Waals surface area contributed by atoms with E-state index >= 15 is 0 Å². The number of hydrogen-bond acceptors (Lipinski definition) is 3. The molecule has 0 spiro atoms. The highest BCUT2D eigenvalue weighted by molar-refractivity contribution is 5.77. The number of carbonyl (C=O) groups excluding carboxylic acids is 1. The second kappa shape index (κ2) is 8.40. The van der Waals surface area contributed by atoms with Gasteiger partial charge in [-0.05, 0) is 18.1 Å². The molecule has 0 saturated heterocycles. The van der Waals surface area contributed by atoms with Crippen LogP contribution in [0.15, 0.2) is 24.3 Å². The lowest BCUT2D eigenvalue weighted by Crippen LogP contribution is -2.34. The molecule has 0 aliphatic rings. The van der Waals surface area contributed by atoms with Crippen LogP contribution in [-0.4, -0.2) is 36.8 Å². The van der Waals surface area contributed by atoms with E-state index in [0.717, 1.165) is 0 Å². The van der Waals surface area contributed by atoms with E-state index in [1.807, 2.05) is 0 Å². The van der Waals surface area contributed by atoms with Crippen molar-refractivity contribution in [2.75, 3.05) is 13.7 Å². The molecule has 0 saturated carbocycles. The predicted molar refractivity (Wildman–Crippen MR) is 76.1 cm³/mol. The molecular formula is C15H18F3NO4. The van der Waals surface area contributed by atoms with Crippen LogP contribution in [0.5, 0.6) is 5.75 Å². The minimum Gasteiger partial charge on any atom is -0.496 e. The number of halogens is 3. The first-order valence-electron chi connectivity index (χ1n) is 6.91. The van der Waals surface area contributed by atoms with Crippen LogP contribution in [0.4, 0.5) is 13.2 Å². The zero-order valence-corrected chi connectivity index (χ0v) is 12.5. The highest BCUT2D eigenvalue weighted by atomic mass is 19.4. The normalized spacial score (nSPS) is 12.5. The van der Waals surface area contributed by atoms with Gasteiger partial charge in [-0.25, -0.2) is 0 Å². The summed E-state index contributed by atoms with van der Waals surface area (Å²) in [7, 11) is 1.45. The van der Waals surface area contributed by atoms with Crippen LogP contribution in [0.1, 0.15) is 18.4 Å². The van der Waals surface area contributed by atoms with Crippen molar-refractivity contribution in [3.05, 3.63) is 29.8 Å². The van der Waals surface area contributed by atoms with Gasteiger partial charge in [0.2, 0.25) is 5.91 Å². The number of alkyl halides is 3. The Bertz CT molecular complexity index is 546. The number of carboxylic acids is 1. The number of ether oxygens (including phenoxy) is 1. The fourth-order valence-corrected chi connectivity index (χ4v) is 1.96. The van der Waals surface area contributed by atoms with E-state index in [4.69, 9.17) is 4.74 Å². The van der Waals surface area contributed by atoms with Crippen molar-refractivity contribution in [3.8, 4) is 5.75 Å². The summed E-state index contributed by atoms with van der Waals surface area (Å²) < 4.78 is 41.2. The maximum atomic E-state index is 12.0. The van der Waals surface area contributed by atoms with E-state index in [-0.39, 0.29) is 13.0 Å². The van der Waals surface area contributed by atoms with Crippen molar-refractivity contribution in [2.45, 2.75) is 25.4 Å². The Labute approximate surface area is 131 Å². The molecule has 0 bridgehead atoms. The van der Waals surface area contributed by atoms with Crippen molar-refractivity contribution in [3.63, 3.8) is 0 Å². The first-order chi connectivity index (χ1) is 10.7. The molecule has 1 atom stereocenters. The maximum absolute atomic E-state index is 12.0. The SMILES string of the molecule is COc1ccccc1CC(CNC(=O)CCC(F)(F)F)C(=O)O. The van der Waals surface area contributed by atoms with Gasteiger partial charge in [0.15, 0.2) is 0 Å². The number of benzene rings is 1. The summed E-state index contributed by atoms with van der Waals surface area (Å²) >= 11 is 0. The minimum atomic E-state index is -4.42. The summed E-state index contributed by atoms with van der Waals surface area (Å²) in [5.41, 5.74) is 0.645. The molecule has 0 aromatic heterocycles. The van der Waals surface area contributed by atoms with Gasteiger partial charge in [-0.15, -0.1) is 0 Å². The molecule has 5 nitrogen and oxygen atoms in total. The minimum absolute atomic E-state index is 0.0961. The molecule has 128 valence electrons. The maximum Gasteiger partial charge on any atom is 0.389 e. The summed E-state index contributed by atoms with van der Waals surface area (Å²) in [6.45, 7) is -0.246. The number of amides is 1. The number of carboxylic acid groups (broad SMARTS) is 1. The zero-order valence-electron chi connectivity index (χ0n) is 12.5. The van der Waals surface area contributed by atoms with Gasteiger partial charge < -0.3 is 15.2 Å². The standard InChI is InChI=1S/C15H18F3NO4/c1-23-12-5-3-2-4-10(12)8-11(14(21)22)9-19-13(20)6-7-15(16,17)18/h2-5,11H,6-9H2,1H3,(H,19,20)(H,21,22). The Morgan fingerprint density at radius 2 is 1.96 bits per heavy atom. The van der Waals surface area contributed by atoms with Crippen LogP contribution in [0.3, 0.4) is 0 Å². The monoisotopic (exact) mass is 333 g/mol. The third-order valence-electron chi connectivity index (χ3n) is 3.19. The topological polar surface area (TPSA) is 75.6 Å². The van der Waals surface area contributed by atoms with E-state index in [0.29, 0.717) is 11.3 Å². The van der Waals surface area contributed by atoms with Gasteiger partial charge >= 0.3 is 12.1 Å². The van der Waals surface area contributed by atoms with E-state index in [9.17, 15) is 27.9 Å². The lowest BCUT2D eigenvalue weighted by atomic mass is 9.98. The van der Waals surface area contributed by atoms with Gasteiger partial charge in [-0.2, -0.15) is 13.2 Å². The Hall–Kier alpha value is -2.25. The molecule has 1 amide bonds. The Morgan fingerprint density at radius 1 is 1.30 bits per heavy atom. The number of rotatable bonds is 8. The number of hydrogen-bond donors (Lipinski definition) is 2. The molecule has 0 radical (unpaired) electrons. The van der Waals surface area contributed by atoms with Gasteiger partial charge in [0, 0.05) is 13.0 Å². The lowest BCUT2D eigenvalue weighted by molar-refractivity contribution is -0.145. The van der Waals surface area contributed by atoms with Crippen molar-refractivity contribution in [1.29, 1.82) is 0 Å². The van der Waals surface area contributed by atoms with Crippen LogP contribution < -0.4 is 10.1 Å². The molecule has 2 N–H and O–H groups in total. The van der Waals surface area contributed by atoms with E-state index < -0.39 is 36.8 Å². The average molecular weight is 333 g/mol. The highest BCUT2D eigenvalue weighted by Gasteiger charge is 2.28. The Kier molecular flexibility index (Phi) is 6.87. The van der Waals surface area contributed by atoms with Crippen molar-refractivity contribution < 1.29 is 32.6 Å². The number of carbonyl (C=O) groups is 2. The molecule has 1 rings (SSSR count). The van der Waals surface area contributed by atoms with Gasteiger partial charge in [-0.1, -0.05) is 18.2 Å². The average Bonchev–Trinajstić information content (AvgIpc) is 2.48. The van der Waals surface area contributed by atoms with Crippen LogP contribution in [0, 0.1) is 5.92 Å². The van der Waals surface area contributed by atoms with Crippen LogP contribution in [-0.2, 0) is 16.0 Å². The molecule has 0 fully saturated rings. The summed E-state index contributed by atoms with van der Waals surface area (Å²) in [5.74, 6) is -2.41. The summed E-state index contributed by atoms with van der Waals surface area (Å²) in [6, 6.07) is 6.83. The molecule has 0 aliphatic heterocycles. The second-order valence-corrected chi connectivity index (χ2v) is 4.97. The van der Waals surface area contributed by atoms with E-state index in [2.05, 4.69) is 5.32 Å². The fourth-order valence-electron chi connectivity index (χ4n) is 1.96. The first kappa shape index (κ1) is 18.8. The van der Waals surface area contributed by atoms with Crippen LogP contribution in [0.25, 0.3) is 0 Å². The van der Waals surface area contributed by atoms with E-state index in [1.165, 1.54) is 7.11 Å². The number of para-hydroxylation sites is 1. The van der Waals surface area contributed by atoms with Crippen molar-refractivity contribution in [2.24, 2.45) is 5.92 Å². The number of nitrogens with one attached hydrogen (secondary N) is 1. The first-order valence-corrected chi connectivity index (χ1v) is 6.91. The third kappa shape index (κ3) is 7.03. The molecule has 1 unspecified atom stereocenters. The molecule has 0 aliphatic carbocycles. The second-order valence-electron chi connectivity index (χ2n) is 4.97. The molecule has 1 aromatic carbocycles. The predicted octanol–water partition coefficient (Wildman–Crippen LogP) is 2.40. The smallest absolute Gasteiger partial charge is 0.389 e. The summed E-state index contributed by atoms with van der Waals surface area (Å²) in [4.78, 5) is 22.6. The van der Waals surface area contributed by atoms with Gasteiger partial charge in [0.25, 0.3) is 0 Å². The third-order valence-corrected chi connectivity index (χ3v) is 3.19. The Morgan fingerprint density at radius 3 is 2.52 bits per heavy atom. The zero-order chi connectivity index (χ0) is 17.5. The van der Waals surface area contributed by atoms with Gasteiger partial charge in [0.1, 0.15) is 5.75 Å². The molecular weight excluding hydrogens is 315 g/mol. The number of aliphatic carboxylic acids is 1. The molecule has 0 heterocycles. The molecule has 23 heavy (non-hydrogen) atoms. The largest absolute Gasteiger partial charge is 0.496 e. The fraction of sp³-hybridized carbons (Fsp3) is 0.467. The highest BCUT2D eigenvalue weighted by Crippen LogP contribution is 2.22. The van der Waals surface area contributed by atoms with Gasteiger partial charge in [-0.3, -0.25) is 9.59 Å². The van der Waals surface area contributed by atoms with Crippen LogP contribution in [0.2, 0.25) is 0 Å². The Balaban J connectivity index is 2.59. The van der Waals surface area contributed by atoms with Crippen LogP contribution >= 0.6 is 0 Å². The van der Waals surface area contributed by atoms with E-state index in [1.54, 1.807) is 24.3 Å². The summed E-state index contributed by atoms with van der Waals surface area (Å²) in [5, 5.41) is 11.4. The number of methoxy groups -OCH3 is 1. The van der Waals surface area contributed by atoms with Crippen molar-refractivity contribution in [1.82, 2.24) is 5.32 Å². The van der Waals surface area contributed by atoms with Gasteiger partial charge in [0.05, 0.1) is 19.4 Å². The quantitative estimate of drug-likeness (QED) is 0.766. The lowest BCUT2D eigenvalue weighted by Gasteiger charge is -2.15. The summed E-state index contributed by atoms with van der Waals surface area (Å²) in [6.07, 6.45) is -6.27.